The Morgan fingerprint density at radius 1 is 1.07 bits per heavy atom. The third-order valence-electron chi connectivity index (χ3n) is 5.72. The van der Waals surface area contributed by atoms with Gasteiger partial charge in [0.1, 0.15) is 5.75 Å². The van der Waals surface area contributed by atoms with Crippen LogP contribution in [0.3, 0.4) is 0 Å². The van der Waals surface area contributed by atoms with Gasteiger partial charge in [-0.15, -0.1) is 0 Å². The van der Waals surface area contributed by atoms with Crippen molar-refractivity contribution in [3.05, 3.63) is 60.2 Å². The average molecular weight is 381 g/mol. The predicted molar refractivity (Wildman–Crippen MR) is 108 cm³/mol. The van der Waals surface area contributed by atoms with E-state index in [0.717, 1.165) is 23.5 Å². The van der Waals surface area contributed by atoms with E-state index in [1.165, 1.54) is 0 Å². The minimum Gasteiger partial charge on any atom is -0.497 e. The summed E-state index contributed by atoms with van der Waals surface area (Å²) in [4.78, 5) is 15.8. The Kier molecular flexibility index (Phi) is 4.79. The van der Waals surface area contributed by atoms with E-state index >= 15 is 0 Å². The van der Waals surface area contributed by atoms with Crippen molar-refractivity contribution in [3.8, 4) is 5.75 Å². The molecule has 1 atom stereocenters. The first-order valence-electron chi connectivity index (χ1n) is 9.75. The standard InChI is InChI=1S/C23H27NO4/c1-17(2)28-21(25)23(18-7-5-4-6-8-18)13-22(15-27-16-22)14-24(23)19-9-11-20(26-3)12-10-19/h4-12,17H,13-16H2,1-3H3/t23-/m0/s1. The molecule has 0 aromatic heterocycles. The maximum Gasteiger partial charge on any atom is 0.336 e. The highest BCUT2D eigenvalue weighted by molar-refractivity contribution is 5.88. The van der Waals surface area contributed by atoms with Crippen molar-refractivity contribution >= 4 is 11.7 Å². The fourth-order valence-electron chi connectivity index (χ4n) is 4.41. The molecule has 0 unspecified atom stereocenters. The molecule has 2 aromatic rings. The molecule has 4 rings (SSSR count). The molecular weight excluding hydrogens is 354 g/mol. The topological polar surface area (TPSA) is 48.0 Å². The van der Waals surface area contributed by atoms with Crippen LogP contribution in [0.15, 0.2) is 54.6 Å². The van der Waals surface area contributed by atoms with Gasteiger partial charge in [-0.2, -0.15) is 0 Å². The van der Waals surface area contributed by atoms with Crippen molar-refractivity contribution in [2.24, 2.45) is 5.41 Å². The smallest absolute Gasteiger partial charge is 0.336 e. The number of nitrogens with zero attached hydrogens (tertiary/aromatic N) is 1. The zero-order chi connectivity index (χ0) is 19.8. The molecule has 0 saturated carbocycles. The third-order valence-corrected chi connectivity index (χ3v) is 5.72. The average Bonchev–Trinajstić information content (AvgIpc) is 3.07. The molecule has 2 heterocycles. The summed E-state index contributed by atoms with van der Waals surface area (Å²) in [6.07, 6.45) is 0.502. The molecule has 0 N–H and O–H groups in total. The highest BCUT2D eigenvalue weighted by Gasteiger charge is 2.62. The van der Waals surface area contributed by atoms with Gasteiger partial charge in [-0.25, -0.2) is 4.79 Å². The molecule has 0 amide bonds. The molecule has 1 spiro atoms. The van der Waals surface area contributed by atoms with Crippen LogP contribution in [-0.2, 0) is 19.8 Å². The highest BCUT2D eigenvalue weighted by Crippen LogP contribution is 2.53. The van der Waals surface area contributed by atoms with Gasteiger partial charge in [-0.3, -0.25) is 0 Å². The summed E-state index contributed by atoms with van der Waals surface area (Å²) < 4.78 is 16.7. The van der Waals surface area contributed by atoms with E-state index in [4.69, 9.17) is 14.2 Å². The Labute approximate surface area is 166 Å². The van der Waals surface area contributed by atoms with Crippen molar-refractivity contribution in [2.75, 3.05) is 31.8 Å². The number of anilines is 1. The van der Waals surface area contributed by atoms with Crippen LogP contribution in [0.4, 0.5) is 5.69 Å². The second-order valence-corrected chi connectivity index (χ2v) is 8.13. The van der Waals surface area contributed by atoms with Gasteiger partial charge in [-0.05, 0) is 50.1 Å². The first-order valence-corrected chi connectivity index (χ1v) is 9.75. The van der Waals surface area contributed by atoms with E-state index in [2.05, 4.69) is 4.90 Å². The van der Waals surface area contributed by atoms with E-state index in [1.54, 1.807) is 7.11 Å². The largest absolute Gasteiger partial charge is 0.497 e. The van der Waals surface area contributed by atoms with E-state index in [9.17, 15) is 4.79 Å². The minimum absolute atomic E-state index is 0.0359. The summed E-state index contributed by atoms with van der Waals surface area (Å²) in [6.45, 7) is 5.88. The summed E-state index contributed by atoms with van der Waals surface area (Å²) in [5, 5.41) is 0. The highest BCUT2D eigenvalue weighted by atomic mass is 16.5. The zero-order valence-corrected chi connectivity index (χ0v) is 16.7. The Morgan fingerprint density at radius 3 is 2.29 bits per heavy atom. The lowest BCUT2D eigenvalue weighted by molar-refractivity contribution is -0.157. The molecule has 148 valence electrons. The number of methoxy groups -OCH3 is 1. The number of hydrogen-bond donors (Lipinski definition) is 0. The maximum absolute atomic E-state index is 13.6. The van der Waals surface area contributed by atoms with Crippen LogP contribution in [0, 0.1) is 5.41 Å². The second kappa shape index (κ2) is 7.13. The number of carbonyl (C=O) groups is 1. The summed E-state index contributed by atoms with van der Waals surface area (Å²) in [7, 11) is 1.65. The first kappa shape index (κ1) is 18.8. The Balaban J connectivity index is 1.85. The molecule has 2 saturated heterocycles. The van der Waals surface area contributed by atoms with Crippen LogP contribution in [0.2, 0.25) is 0 Å². The van der Waals surface area contributed by atoms with Crippen molar-refractivity contribution in [2.45, 2.75) is 31.9 Å². The van der Waals surface area contributed by atoms with Gasteiger partial charge in [0, 0.05) is 17.6 Å². The first-order chi connectivity index (χ1) is 13.5. The van der Waals surface area contributed by atoms with Gasteiger partial charge in [0.2, 0.25) is 0 Å². The zero-order valence-electron chi connectivity index (χ0n) is 16.7. The van der Waals surface area contributed by atoms with Gasteiger partial charge in [0.15, 0.2) is 5.54 Å². The van der Waals surface area contributed by atoms with Gasteiger partial charge in [0.05, 0.1) is 26.4 Å². The van der Waals surface area contributed by atoms with Crippen LogP contribution < -0.4 is 9.64 Å². The fourth-order valence-corrected chi connectivity index (χ4v) is 4.41. The molecule has 2 aromatic carbocycles. The lowest BCUT2D eigenvalue weighted by Gasteiger charge is -2.39. The molecule has 0 aliphatic carbocycles. The van der Waals surface area contributed by atoms with Crippen LogP contribution >= 0.6 is 0 Å². The SMILES string of the molecule is COc1ccc(N2CC3(COC3)C[C@@]2(C(=O)OC(C)C)c2ccccc2)cc1. The summed E-state index contributed by atoms with van der Waals surface area (Å²) in [5.41, 5.74) is 1.03. The monoisotopic (exact) mass is 381 g/mol. The van der Waals surface area contributed by atoms with E-state index in [0.29, 0.717) is 19.6 Å². The molecule has 0 bridgehead atoms. The lowest BCUT2D eigenvalue weighted by atomic mass is 9.76. The summed E-state index contributed by atoms with van der Waals surface area (Å²) >= 11 is 0. The molecular formula is C23H27NO4. The van der Waals surface area contributed by atoms with Gasteiger partial charge in [0.25, 0.3) is 0 Å². The Bertz CT molecular complexity index is 829. The van der Waals surface area contributed by atoms with Crippen LogP contribution in [0.1, 0.15) is 25.8 Å². The number of benzene rings is 2. The van der Waals surface area contributed by atoms with Crippen LogP contribution in [-0.4, -0.2) is 38.9 Å². The summed E-state index contributed by atoms with van der Waals surface area (Å²) in [5.74, 6) is 0.591. The minimum atomic E-state index is -0.871. The Hall–Kier alpha value is -2.53. The van der Waals surface area contributed by atoms with Crippen molar-refractivity contribution in [1.82, 2.24) is 0 Å². The quantitative estimate of drug-likeness (QED) is 0.738. The van der Waals surface area contributed by atoms with E-state index < -0.39 is 5.54 Å². The molecule has 2 aliphatic rings. The molecule has 0 radical (unpaired) electrons. The number of rotatable bonds is 5. The number of hydrogen-bond acceptors (Lipinski definition) is 5. The lowest BCUT2D eigenvalue weighted by Crippen LogP contribution is -2.49. The molecule has 28 heavy (non-hydrogen) atoms. The maximum atomic E-state index is 13.6. The molecule has 5 nitrogen and oxygen atoms in total. The molecule has 5 heteroatoms. The molecule has 2 fully saturated rings. The number of esters is 1. The summed E-state index contributed by atoms with van der Waals surface area (Å²) in [6, 6.07) is 17.9. The van der Waals surface area contributed by atoms with Crippen molar-refractivity contribution in [3.63, 3.8) is 0 Å². The van der Waals surface area contributed by atoms with Gasteiger partial charge >= 0.3 is 5.97 Å². The predicted octanol–water partition coefficient (Wildman–Crippen LogP) is 3.77. The van der Waals surface area contributed by atoms with Crippen LogP contribution in [0.25, 0.3) is 0 Å². The van der Waals surface area contributed by atoms with Crippen molar-refractivity contribution in [1.29, 1.82) is 0 Å². The van der Waals surface area contributed by atoms with Crippen molar-refractivity contribution < 1.29 is 19.0 Å². The number of carbonyl (C=O) groups excluding carboxylic acids is 1. The van der Waals surface area contributed by atoms with Gasteiger partial charge < -0.3 is 19.1 Å². The van der Waals surface area contributed by atoms with E-state index in [1.807, 2.05) is 68.4 Å². The second-order valence-electron chi connectivity index (χ2n) is 8.13. The number of ether oxygens (including phenoxy) is 3. The van der Waals surface area contributed by atoms with Gasteiger partial charge in [-0.1, -0.05) is 30.3 Å². The normalized spacial score (nSPS) is 22.9. The van der Waals surface area contributed by atoms with Crippen LogP contribution in [0.5, 0.6) is 5.75 Å². The Morgan fingerprint density at radius 2 is 1.75 bits per heavy atom. The van der Waals surface area contributed by atoms with E-state index in [-0.39, 0.29) is 17.5 Å². The third kappa shape index (κ3) is 3.04. The fraction of sp³-hybridized carbons (Fsp3) is 0.435. The molecule has 2 aliphatic heterocycles.